The molecule has 1 rings (SSSR count). The van der Waals surface area contributed by atoms with Crippen LogP contribution in [-0.2, 0) is 0 Å². The van der Waals surface area contributed by atoms with Crippen LogP contribution in [0.15, 0.2) is 28.0 Å². The molecular formula is C11H15BrN4O2. The molecule has 18 heavy (non-hydrogen) atoms. The molecule has 1 amide bonds. The number of nitrogens with two attached hydrogens (primary N) is 1. The average molecular weight is 315 g/mol. The predicted octanol–water partition coefficient (Wildman–Crippen LogP) is 1.49. The minimum absolute atomic E-state index is 0.203. The van der Waals surface area contributed by atoms with Crippen molar-refractivity contribution in [1.82, 2.24) is 10.3 Å². The summed E-state index contributed by atoms with van der Waals surface area (Å²) in [6.07, 6.45) is 3.61. The van der Waals surface area contributed by atoms with Crippen LogP contribution in [0.1, 0.15) is 29.8 Å². The number of rotatable bonds is 6. The predicted molar refractivity (Wildman–Crippen MR) is 71.5 cm³/mol. The number of carbonyl (C=O) groups is 1. The second kappa shape index (κ2) is 7.65. The first-order valence-electron chi connectivity index (χ1n) is 5.49. The highest BCUT2D eigenvalue weighted by molar-refractivity contribution is 9.10. The summed E-state index contributed by atoms with van der Waals surface area (Å²) in [6.45, 7) is 0.537. The summed E-state index contributed by atoms with van der Waals surface area (Å²) in [7, 11) is 0. The largest absolute Gasteiger partial charge is 0.409 e. The van der Waals surface area contributed by atoms with Crippen LogP contribution in [0.2, 0.25) is 0 Å². The molecule has 1 heterocycles. The molecule has 0 saturated heterocycles. The van der Waals surface area contributed by atoms with Gasteiger partial charge in [-0.05, 0) is 40.9 Å². The van der Waals surface area contributed by atoms with E-state index in [4.69, 9.17) is 10.9 Å². The molecular weight excluding hydrogens is 300 g/mol. The third-order valence-electron chi connectivity index (χ3n) is 2.23. The Morgan fingerprint density at radius 1 is 1.50 bits per heavy atom. The normalized spacial score (nSPS) is 11.3. The molecule has 0 atom stereocenters. The number of unbranched alkanes of at least 4 members (excludes halogenated alkanes) is 1. The van der Waals surface area contributed by atoms with Crippen LogP contribution >= 0.6 is 15.9 Å². The Morgan fingerprint density at radius 3 is 2.89 bits per heavy atom. The van der Waals surface area contributed by atoms with Gasteiger partial charge in [-0.15, -0.1) is 0 Å². The number of carbonyl (C=O) groups excluding carboxylic acids is 1. The maximum absolute atomic E-state index is 11.6. The van der Waals surface area contributed by atoms with Crippen molar-refractivity contribution in [3.63, 3.8) is 0 Å². The van der Waals surface area contributed by atoms with Crippen LogP contribution in [-0.4, -0.2) is 28.5 Å². The molecule has 0 aliphatic rings. The van der Waals surface area contributed by atoms with Gasteiger partial charge in [0.1, 0.15) is 11.5 Å². The maximum atomic E-state index is 11.6. The minimum Gasteiger partial charge on any atom is -0.409 e. The fraction of sp³-hybridized carbons (Fsp3) is 0.364. The smallest absolute Gasteiger partial charge is 0.269 e. The number of nitrogens with one attached hydrogen (secondary N) is 1. The Balaban J connectivity index is 2.23. The Bertz CT molecular complexity index is 420. The minimum atomic E-state index is -0.203. The fourth-order valence-corrected chi connectivity index (χ4v) is 1.52. The molecule has 0 unspecified atom stereocenters. The summed E-state index contributed by atoms with van der Waals surface area (Å²) in [6, 6.07) is 3.41. The summed E-state index contributed by atoms with van der Waals surface area (Å²) in [5.41, 5.74) is 5.70. The van der Waals surface area contributed by atoms with Crippen molar-refractivity contribution < 1.29 is 10.0 Å². The standard InChI is InChI=1S/C11H15BrN4O2/c12-8-4-5-9(15-7-8)11(17)14-6-2-1-3-10(13)16-18/h4-5,7,18H,1-3,6H2,(H2,13,16)(H,14,17). The molecule has 0 aromatic carbocycles. The first kappa shape index (κ1) is 14.4. The lowest BCUT2D eigenvalue weighted by Gasteiger charge is -2.04. The molecule has 0 fully saturated rings. The van der Waals surface area contributed by atoms with E-state index in [2.05, 4.69) is 31.4 Å². The fourth-order valence-electron chi connectivity index (χ4n) is 1.28. The van der Waals surface area contributed by atoms with Gasteiger partial charge in [-0.2, -0.15) is 0 Å². The molecule has 1 aromatic heterocycles. The molecule has 0 bridgehead atoms. The third kappa shape index (κ3) is 5.13. The van der Waals surface area contributed by atoms with Crippen LogP contribution in [0.4, 0.5) is 0 Å². The maximum Gasteiger partial charge on any atom is 0.269 e. The molecule has 0 aliphatic heterocycles. The van der Waals surface area contributed by atoms with Gasteiger partial charge in [0, 0.05) is 23.6 Å². The first-order valence-corrected chi connectivity index (χ1v) is 6.29. The van der Waals surface area contributed by atoms with Gasteiger partial charge in [-0.3, -0.25) is 4.79 Å². The van der Waals surface area contributed by atoms with Crippen LogP contribution in [0.3, 0.4) is 0 Å². The number of amidine groups is 1. The zero-order valence-corrected chi connectivity index (χ0v) is 11.4. The molecule has 0 radical (unpaired) electrons. The number of aromatic nitrogens is 1. The molecule has 0 saturated carbocycles. The van der Waals surface area contributed by atoms with Crippen LogP contribution in [0.25, 0.3) is 0 Å². The Kier molecular flexibility index (Phi) is 6.13. The number of hydrogen-bond donors (Lipinski definition) is 3. The van der Waals surface area contributed by atoms with Gasteiger partial charge >= 0.3 is 0 Å². The van der Waals surface area contributed by atoms with Gasteiger partial charge in [0.25, 0.3) is 5.91 Å². The summed E-state index contributed by atoms with van der Waals surface area (Å²) in [4.78, 5) is 15.6. The highest BCUT2D eigenvalue weighted by atomic mass is 79.9. The Hall–Kier alpha value is -1.63. The average Bonchev–Trinajstić information content (AvgIpc) is 2.38. The Labute approximate surface area is 113 Å². The number of halogens is 1. The number of hydrogen-bond acceptors (Lipinski definition) is 4. The van der Waals surface area contributed by atoms with E-state index in [1.807, 2.05) is 0 Å². The van der Waals surface area contributed by atoms with Crippen molar-refractivity contribution in [3.8, 4) is 0 Å². The van der Waals surface area contributed by atoms with Gasteiger partial charge in [0.05, 0.1) is 0 Å². The molecule has 7 heteroatoms. The van der Waals surface area contributed by atoms with E-state index in [1.54, 1.807) is 18.3 Å². The topological polar surface area (TPSA) is 101 Å². The Morgan fingerprint density at radius 2 is 2.28 bits per heavy atom. The summed E-state index contributed by atoms with van der Waals surface area (Å²) < 4.78 is 0.831. The quantitative estimate of drug-likeness (QED) is 0.243. The van der Waals surface area contributed by atoms with Crippen molar-refractivity contribution >= 4 is 27.7 Å². The summed E-state index contributed by atoms with van der Waals surface area (Å²) >= 11 is 3.25. The van der Waals surface area contributed by atoms with Crippen LogP contribution in [0, 0.1) is 0 Å². The third-order valence-corrected chi connectivity index (χ3v) is 2.70. The molecule has 6 nitrogen and oxygen atoms in total. The van der Waals surface area contributed by atoms with Gasteiger partial charge in [0.2, 0.25) is 0 Å². The van der Waals surface area contributed by atoms with E-state index >= 15 is 0 Å². The van der Waals surface area contributed by atoms with Crippen LogP contribution in [0.5, 0.6) is 0 Å². The molecule has 98 valence electrons. The molecule has 0 aliphatic carbocycles. The number of pyridine rings is 1. The van der Waals surface area contributed by atoms with Crippen molar-refractivity contribution in [1.29, 1.82) is 0 Å². The second-order valence-corrected chi connectivity index (χ2v) is 4.58. The lowest BCUT2D eigenvalue weighted by molar-refractivity contribution is 0.0948. The van der Waals surface area contributed by atoms with E-state index < -0.39 is 0 Å². The highest BCUT2D eigenvalue weighted by Gasteiger charge is 2.05. The molecule has 0 spiro atoms. The van der Waals surface area contributed by atoms with E-state index in [-0.39, 0.29) is 11.7 Å². The molecule has 4 N–H and O–H groups in total. The summed E-state index contributed by atoms with van der Waals surface area (Å²) in [5.74, 6) is 0.00204. The SMILES string of the molecule is NC(CCCCNC(=O)c1ccc(Br)cn1)=NO. The van der Waals surface area contributed by atoms with Gasteiger partial charge in [-0.1, -0.05) is 5.16 Å². The van der Waals surface area contributed by atoms with E-state index in [1.165, 1.54) is 0 Å². The van der Waals surface area contributed by atoms with Crippen molar-refractivity contribution in [2.45, 2.75) is 19.3 Å². The van der Waals surface area contributed by atoms with Gasteiger partial charge in [0.15, 0.2) is 0 Å². The van der Waals surface area contributed by atoms with Crippen LogP contribution < -0.4 is 11.1 Å². The van der Waals surface area contributed by atoms with Gasteiger partial charge < -0.3 is 16.3 Å². The second-order valence-electron chi connectivity index (χ2n) is 3.67. The van der Waals surface area contributed by atoms with E-state index in [0.717, 1.165) is 17.3 Å². The van der Waals surface area contributed by atoms with E-state index in [0.29, 0.717) is 18.7 Å². The van der Waals surface area contributed by atoms with Gasteiger partial charge in [-0.25, -0.2) is 4.98 Å². The number of nitrogens with zero attached hydrogens (tertiary/aromatic N) is 2. The zero-order chi connectivity index (χ0) is 13.4. The first-order chi connectivity index (χ1) is 8.63. The monoisotopic (exact) mass is 314 g/mol. The van der Waals surface area contributed by atoms with Crippen molar-refractivity contribution in [3.05, 3.63) is 28.5 Å². The lowest BCUT2D eigenvalue weighted by atomic mass is 10.2. The lowest BCUT2D eigenvalue weighted by Crippen LogP contribution is -2.25. The van der Waals surface area contributed by atoms with Crippen molar-refractivity contribution in [2.24, 2.45) is 10.9 Å². The van der Waals surface area contributed by atoms with Crippen molar-refractivity contribution in [2.75, 3.05) is 6.54 Å². The zero-order valence-electron chi connectivity index (χ0n) is 9.77. The van der Waals surface area contributed by atoms with E-state index in [9.17, 15) is 4.79 Å². The molecule has 1 aromatic rings. The number of amides is 1. The summed E-state index contributed by atoms with van der Waals surface area (Å²) in [5, 5.41) is 14.0. The number of oxime groups is 1. The highest BCUT2D eigenvalue weighted by Crippen LogP contribution is 2.07.